The second kappa shape index (κ2) is 5.16. The van der Waals surface area contributed by atoms with Crippen LogP contribution in [0.4, 0.5) is 5.82 Å². The molecule has 2 aliphatic heterocycles. The minimum absolute atomic E-state index is 0.724. The van der Waals surface area contributed by atoms with Gasteiger partial charge in [-0.1, -0.05) is 18.2 Å². The van der Waals surface area contributed by atoms with E-state index in [0.717, 1.165) is 35.0 Å². The monoisotopic (exact) mass is 292 g/mol. The number of hydrogen-bond acceptors (Lipinski definition) is 5. The van der Waals surface area contributed by atoms with Crippen molar-refractivity contribution >= 4 is 17.9 Å². The average molecular weight is 292 g/mol. The van der Waals surface area contributed by atoms with E-state index in [1.165, 1.54) is 0 Å². The van der Waals surface area contributed by atoms with Gasteiger partial charge >= 0.3 is 0 Å². The number of nitrogens with zero attached hydrogens (tertiary/aromatic N) is 4. The molecule has 1 radical (unpaired) electrons. The summed E-state index contributed by atoms with van der Waals surface area (Å²) in [7, 11) is 0. The van der Waals surface area contributed by atoms with Gasteiger partial charge in [-0.3, -0.25) is 15.5 Å². The maximum absolute atomic E-state index is 4.27. The lowest BCUT2D eigenvalue weighted by Gasteiger charge is -2.26. The molecule has 6 heteroatoms. The maximum Gasteiger partial charge on any atom is 0.250 e. The summed E-state index contributed by atoms with van der Waals surface area (Å²) < 4.78 is 0. The van der Waals surface area contributed by atoms with Crippen LogP contribution in [-0.4, -0.2) is 28.1 Å². The van der Waals surface area contributed by atoms with Gasteiger partial charge in [-0.15, -0.1) is 0 Å². The largest absolute Gasteiger partial charge is 0.281 e. The molecule has 2 N–H and O–H groups in total. The van der Waals surface area contributed by atoms with Gasteiger partial charge in [0.1, 0.15) is 6.54 Å². The van der Waals surface area contributed by atoms with E-state index < -0.39 is 0 Å². The van der Waals surface area contributed by atoms with E-state index in [0.29, 0.717) is 0 Å². The minimum Gasteiger partial charge on any atom is -0.281 e. The number of benzene rings is 1. The van der Waals surface area contributed by atoms with Crippen LogP contribution in [0.3, 0.4) is 0 Å². The quantitative estimate of drug-likeness (QED) is 0.854. The van der Waals surface area contributed by atoms with Crippen molar-refractivity contribution in [2.24, 2.45) is 4.99 Å². The summed E-state index contributed by atoms with van der Waals surface area (Å²) >= 11 is 0. The second-order valence-electron chi connectivity index (χ2n) is 5.31. The van der Waals surface area contributed by atoms with Gasteiger partial charge in [0.05, 0.1) is 12.4 Å². The van der Waals surface area contributed by atoms with Gasteiger partial charge in [-0.05, 0) is 24.0 Å². The van der Waals surface area contributed by atoms with E-state index in [-0.39, 0.29) is 0 Å². The van der Waals surface area contributed by atoms with Crippen molar-refractivity contribution in [1.82, 2.24) is 20.1 Å². The first-order chi connectivity index (χ1) is 10.8. The van der Waals surface area contributed by atoms with Gasteiger partial charge in [0.2, 0.25) is 11.4 Å². The molecule has 2 aromatic rings. The highest BCUT2D eigenvalue weighted by molar-refractivity contribution is 5.85. The Labute approximate surface area is 128 Å². The van der Waals surface area contributed by atoms with Crippen molar-refractivity contribution in [2.75, 3.05) is 12.0 Å². The van der Waals surface area contributed by atoms with Gasteiger partial charge < -0.3 is 0 Å². The smallest absolute Gasteiger partial charge is 0.250 e. The molecule has 0 atom stereocenters. The minimum atomic E-state index is 0.724. The normalized spacial score (nSPS) is 17.2. The fourth-order valence-corrected chi connectivity index (χ4v) is 2.60. The molecule has 4 rings (SSSR count). The molecular weight excluding hydrogens is 276 g/mol. The number of anilines is 1. The van der Waals surface area contributed by atoms with Crippen LogP contribution < -0.4 is 10.3 Å². The highest BCUT2D eigenvalue weighted by Gasteiger charge is 2.36. The zero-order valence-corrected chi connectivity index (χ0v) is 12.2. The Morgan fingerprint density at radius 3 is 2.91 bits per heavy atom. The summed E-state index contributed by atoms with van der Waals surface area (Å²) in [6, 6.07) is 12.3. The van der Waals surface area contributed by atoms with Crippen LogP contribution in [-0.2, 0) is 0 Å². The average Bonchev–Trinajstić information content (AvgIpc) is 3.16. The van der Waals surface area contributed by atoms with Gasteiger partial charge in [0.25, 0.3) is 6.34 Å². The Morgan fingerprint density at radius 1 is 1.27 bits per heavy atom. The van der Waals surface area contributed by atoms with Crippen molar-refractivity contribution in [3.8, 4) is 0 Å². The van der Waals surface area contributed by atoms with E-state index in [2.05, 4.69) is 43.8 Å². The van der Waals surface area contributed by atoms with Crippen molar-refractivity contribution in [1.29, 1.82) is 0 Å². The van der Waals surface area contributed by atoms with Crippen LogP contribution in [0.25, 0.3) is 5.70 Å². The molecule has 6 nitrogen and oxygen atoms in total. The van der Waals surface area contributed by atoms with Crippen LogP contribution in [0.15, 0.2) is 59.5 Å². The number of hydrazine groups is 1. The molecule has 0 amide bonds. The lowest BCUT2D eigenvalue weighted by Crippen LogP contribution is -2.39. The molecule has 0 aliphatic carbocycles. The fraction of sp³-hybridized carbons (Fsp3) is 0.125. The number of aryl methyl sites for hydroxylation is 1. The topological polar surface area (TPSA) is 62.2 Å². The van der Waals surface area contributed by atoms with Crippen molar-refractivity contribution in [3.05, 3.63) is 65.8 Å². The summed E-state index contributed by atoms with van der Waals surface area (Å²) in [6.45, 7) is 2.71. The Balaban J connectivity index is 1.67. The van der Waals surface area contributed by atoms with E-state index in [4.69, 9.17) is 0 Å². The molecule has 0 unspecified atom stereocenters. The highest BCUT2D eigenvalue weighted by Crippen LogP contribution is 2.27. The van der Waals surface area contributed by atoms with Gasteiger partial charge in [-0.2, -0.15) is 5.10 Å². The SMILES string of the molecule is Cc1cc(NN2C=C(c3ccccc3)[N+]3C=NC=C3C2)n[nH]1. The van der Waals surface area contributed by atoms with Crippen molar-refractivity contribution in [2.45, 2.75) is 6.92 Å². The van der Waals surface area contributed by atoms with Crippen LogP contribution in [0.2, 0.25) is 0 Å². The zero-order chi connectivity index (χ0) is 14.9. The van der Waals surface area contributed by atoms with Crippen LogP contribution >= 0.6 is 0 Å². The van der Waals surface area contributed by atoms with Gasteiger partial charge in [0, 0.05) is 17.3 Å². The first kappa shape index (κ1) is 12.8. The number of aromatic nitrogens is 2. The van der Waals surface area contributed by atoms with E-state index in [1.54, 1.807) is 0 Å². The van der Waals surface area contributed by atoms with E-state index in [9.17, 15) is 0 Å². The third-order valence-electron chi connectivity index (χ3n) is 3.62. The zero-order valence-electron chi connectivity index (χ0n) is 12.2. The summed E-state index contributed by atoms with van der Waals surface area (Å²) in [6.07, 6.45) is 5.82. The Kier molecular flexibility index (Phi) is 3.01. The lowest BCUT2D eigenvalue weighted by molar-refractivity contribution is 0.452. The molecule has 109 valence electrons. The Bertz CT molecular complexity index is 771. The molecule has 22 heavy (non-hydrogen) atoms. The second-order valence-corrected chi connectivity index (χ2v) is 5.31. The molecule has 0 saturated heterocycles. The van der Waals surface area contributed by atoms with Crippen molar-refractivity contribution < 1.29 is 0 Å². The standard InChI is InChI=1S/C16H16N6/c1-12-7-16(19-18-12)20-21-9-14-8-17-11-22(14)15(10-21)13-5-3-2-4-6-13/h2-8,10-11H,9H2,1H3,(H2,18,19,20)/q+1. The number of fused-ring (bicyclic) bond motifs is 1. The molecule has 0 saturated carbocycles. The highest BCUT2D eigenvalue weighted by atomic mass is 15.5. The Hall–Kier alpha value is -2.86. The third kappa shape index (κ3) is 2.29. The molecule has 1 aromatic heterocycles. The summed E-state index contributed by atoms with van der Waals surface area (Å²) in [4.78, 5) is 6.39. The molecule has 2 aliphatic rings. The summed E-state index contributed by atoms with van der Waals surface area (Å²) in [5.74, 6) is 0.800. The number of hydrogen-bond donors (Lipinski definition) is 2. The molecule has 3 heterocycles. The fourth-order valence-electron chi connectivity index (χ4n) is 2.60. The number of H-pyrrole nitrogens is 1. The summed E-state index contributed by atoms with van der Waals surface area (Å²) in [5.41, 5.74) is 7.68. The third-order valence-corrected chi connectivity index (χ3v) is 3.62. The van der Waals surface area contributed by atoms with Crippen molar-refractivity contribution in [3.63, 3.8) is 0 Å². The number of rotatable bonds is 3. The molecule has 0 bridgehead atoms. The van der Waals surface area contributed by atoms with Gasteiger partial charge in [0.15, 0.2) is 5.82 Å². The molecule has 1 aromatic carbocycles. The predicted octanol–water partition coefficient (Wildman–Crippen LogP) is 2.38. The predicted molar refractivity (Wildman–Crippen MR) is 86.8 cm³/mol. The number of aliphatic imine (C=N–C) groups is 1. The molecule has 0 spiro atoms. The molecule has 0 fully saturated rings. The van der Waals surface area contributed by atoms with E-state index in [1.807, 2.05) is 48.7 Å². The summed E-state index contributed by atoms with van der Waals surface area (Å²) in [5, 5.41) is 9.18. The first-order valence-electron chi connectivity index (χ1n) is 7.14. The van der Waals surface area contributed by atoms with Crippen LogP contribution in [0, 0.1) is 6.92 Å². The molecular formula is C16H16N6+. The lowest BCUT2D eigenvalue weighted by atomic mass is 10.1. The maximum atomic E-state index is 4.27. The van der Waals surface area contributed by atoms with Crippen LogP contribution in [0.5, 0.6) is 0 Å². The first-order valence-corrected chi connectivity index (χ1v) is 7.14. The van der Waals surface area contributed by atoms with Crippen LogP contribution in [0.1, 0.15) is 11.3 Å². The van der Waals surface area contributed by atoms with E-state index >= 15 is 0 Å². The Morgan fingerprint density at radius 2 is 2.14 bits per heavy atom. The number of aromatic amines is 1. The number of nitrogens with one attached hydrogen (secondary N) is 2. The van der Waals surface area contributed by atoms with Gasteiger partial charge in [-0.25, -0.2) is 4.99 Å².